The fourth-order valence-electron chi connectivity index (χ4n) is 0.907. The highest BCUT2D eigenvalue weighted by Gasteiger charge is 2.13. The summed E-state index contributed by atoms with van der Waals surface area (Å²) in [5, 5.41) is 13.7. The van der Waals surface area contributed by atoms with Gasteiger partial charge >= 0.3 is 17.8 Å². The van der Waals surface area contributed by atoms with E-state index in [1.165, 1.54) is 6.07 Å². The first kappa shape index (κ1) is 13.4. The van der Waals surface area contributed by atoms with Crippen molar-refractivity contribution in [2.45, 2.75) is 6.92 Å². The molecule has 96 valence electrons. The van der Waals surface area contributed by atoms with Gasteiger partial charge in [-0.2, -0.15) is 5.10 Å². The van der Waals surface area contributed by atoms with Gasteiger partial charge in [0.05, 0.1) is 18.9 Å². The highest BCUT2D eigenvalue weighted by Crippen LogP contribution is 2.13. The van der Waals surface area contributed by atoms with Crippen LogP contribution >= 0.6 is 0 Å². The number of carbonyl (C=O) groups is 2. The van der Waals surface area contributed by atoms with Crippen LogP contribution in [0.5, 0.6) is 0 Å². The van der Waals surface area contributed by atoms with Crippen molar-refractivity contribution < 1.29 is 23.7 Å². The molecular weight excluding hydrogens is 246 g/mol. The second-order valence-corrected chi connectivity index (χ2v) is 2.85. The molecular formula is C9H9N3O6. The fraction of sp³-hybridized carbons (Fsp3) is 0.222. The van der Waals surface area contributed by atoms with Gasteiger partial charge in [-0.1, -0.05) is 0 Å². The lowest BCUT2D eigenvalue weighted by Crippen LogP contribution is -2.28. The lowest BCUT2D eigenvalue weighted by Gasteiger charge is -1.98. The van der Waals surface area contributed by atoms with Crippen LogP contribution in [0.15, 0.2) is 21.7 Å². The molecule has 9 nitrogen and oxygen atoms in total. The van der Waals surface area contributed by atoms with E-state index in [2.05, 4.69) is 9.84 Å². The molecule has 0 atom stereocenters. The lowest BCUT2D eigenvalue weighted by molar-refractivity contribution is -0.402. The van der Waals surface area contributed by atoms with E-state index >= 15 is 0 Å². The SMILES string of the molecule is CCOC(=O)C(=O)N/N=C/c1ccc([N+](=O)[O-])o1. The Morgan fingerprint density at radius 3 is 2.89 bits per heavy atom. The van der Waals surface area contributed by atoms with Crippen LogP contribution < -0.4 is 5.43 Å². The zero-order chi connectivity index (χ0) is 13.5. The number of ether oxygens (including phenoxy) is 1. The Labute approximate surface area is 101 Å². The summed E-state index contributed by atoms with van der Waals surface area (Å²) in [4.78, 5) is 31.4. The second-order valence-electron chi connectivity index (χ2n) is 2.85. The lowest BCUT2D eigenvalue weighted by atomic mass is 10.5. The molecule has 0 spiro atoms. The predicted molar refractivity (Wildman–Crippen MR) is 57.7 cm³/mol. The average molecular weight is 255 g/mol. The van der Waals surface area contributed by atoms with Gasteiger partial charge in [-0.25, -0.2) is 10.2 Å². The molecule has 1 rings (SSSR count). The molecule has 0 aromatic carbocycles. The number of esters is 1. The van der Waals surface area contributed by atoms with Crippen LogP contribution in [0.4, 0.5) is 5.88 Å². The minimum absolute atomic E-state index is 0.0610. The van der Waals surface area contributed by atoms with Gasteiger partial charge in [0, 0.05) is 0 Å². The van der Waals surface area contributed by atoms with Crippen molar-refractivity contribution in [3.8, 4) is 0 Å². The molecule has 1 aromatic rings. The highest BCUT2D eigenvalue weighted by molar-refractivity contribution is 6.32. The fourth-order valence-corrected chi connectivity index (χ4v) is 0.907. The first-order valence-corrected chi connectivity index (χ1v) is 4.79. The third kappa shape index (κ3) is 3.70. The van der Waals surface area contributed by atoms with Crippen LogP contribution in [-0.4, -0.2) is 29.6 Å². The van der Waals surface area contributed by atoms with Crippen LogP contribution in [0.2, 0.25) is 0 Å². The van der Waals surface area contributed by atoms with Crippen molar-refractivity contribution in [1.29, 1.82) is 0 Å². The number of rotatable bonds is 4. The van der Waals surface area contributed by atoms with E-state index in [1.807, 2.05) is 5.43 Å². The van der Waals surface area contributed by atoms with Crippen molar-refractivity contribution in [1.82, 2.24) is 5.43 Å². The van der Waals surface area contributed by atoms with Crippen molar-refractivity contribution in [2.24, 2.45) is 5.10 Å². The number of nitro groups is 1. The molecule has 0 fully saturated rings. The summed E-state index contributed by atoms with van der Waals surface area (Å²) >= 11 is 0. The molecule has 0 aliphatic carbocycles. The molecule has 0 aliphatic rings. The van der Waals surface area contributed by atoms with E-state index in [0.717, 1.165) is 12.3 Å². The Bertz CT molecular complexity index is 492. The van der Waals surface area contributed by atoms with Gasteiger partial charge in [-0.3, -0.25) is 14.9 Å². The molecule has 0 unspecified atom stereocenters. The van der Waals surface area contributed by atoms with E-state index in [-0.39, 0.29) is 12.4 Å². The zero-order valence-corrected chi connectivity index (χ0v) is 9.28. The molecule has 1 aromatic heterocycles. The van der Waals surface area contributed by atoms with Gasteiger partial charge in [0.25, 0.3) is 0 Å². The molecule has 0 radical (unpaired) electrons. The Hall–Kier alpha value is -2.71. The van der Waals surface area contributed by atoms with Gasteiger partial charge in [0.15, 0.2) is 5.76 Å². The summed E-state index contributed by atoms with van der Waals surface area (Å²) in [6.45, 7) is 1.62. The summed E-state index contributed by atoms with van der Waals surface area (Å²) < 4.78 is 9.12. The minimum atomic E-state index is -1.07. The number of hydrogen-bond donors (Lipinski definition) is 1. The van der Waals surface area contributed by atoms with Crippen LogP contribution in [-0.2, 0) is 14.3 Å². The van der Waals surface area contributed by atoms with Crippen molar-refractivity contribution >= 4 is 24.0 Å². The van der Waals surface area contributed by atoms with E-state index in [4.69, 9.17) is 4.42 Å². The van der Waals surface area contributed by atoms with E-state index in [1.54, 1.807) is 6.92 Å². The summed E-state index contributed by atoms with van der Waals surface area (Å²) in [6.07, 6.45) is 1.02. The van der Waals surface area contributed by atoms with E-state index in [0.29, 0.717) is 0 Å². The van der Waals surface area contributed by atoms with E-state index < -0.39 is 22.7 Å². The normalized spacial score (nSPS) is 10.3. The van der Waals surface area contributed by atoms with Gasteiger partial charge in [0.1, 0.15) is 4.92 Å². The zero-order valence-electron chi connectivity index (χ0n) is 9.28. The van der Waals surface area contributed by atoms with Crippen molar-refractivity contribution in [3.63, 3.8) is 0 Å². The smallest absolute Gasteiger partial charge is 0.433 e. The summed E-state index contributed by atoms with van der Waals surface area (Å²) in [6, 6.07) is 2.42. The second kappa shape index (κ2) is 6.13. The van der Waals surface area contributed by atoms with Crippen LogP contribution in [0.3, 0.4) is 0 Å². The summed E-state index contributed by atoms with van der Waals surface area (Å²) in [7, 11) is 0. The monoisotopic (exact) mass is 255 g/mol. The van der Waals surface area contributed by atoms with Crippen LogP contribution in [0, 0.1) is 10.1 Å². The third-order valence-electron chi connectivity index (χ3n) is 1.61. The predicted octanol–water partition coefficient (Wildman–Crippen LogP) is 0.201. The van der Waals surface area contributed by atoms with Crippen molar-refractivity contribution in [2.75, 3.05) is 6.61 Å². The first-order valence-electron chi connectivity index (χ1n) is 4.79. The van der Waals surface area contributed by atoms with Gasteiger partial charge < -0.3 is 9.15 Å². The number of carbonyl (C=O) groups excluding carboxylic acids is 2. The molecule has 1 heterocycles. The van der Waals surface area contributed by atoms with Crippen LogP contribution in [0.1, 0.15) is 12.7 Å². The number of furan rings is 1. The van der Waals surface area contributed by atoms with Gasteiger partial charge in [-0.15, -0.1) is 0 Å². The maximum atomic E-state index is 11.0. The van der Waals surface area contributed by atoms with Crippen LogP contribution in [0.25, 0.3) is 0 Å². The number of hydrogen-bond acceptors (Lipinski definition) is 7. The molecule has 1 N–H and O–H groups in total. The molecule has 0 saturated carbocycles. The minimum Gasteiger partial charge on any atom is -0.459 e. The molecule has 1 amide bonds. The third-order valence-corrected chi connectivity index (χ3v) is 1.61. The summed E-state index contributed by atoms with van der Waals surface area (Å²) in [5.41, 5.74) is 1.88. The maximum Gasteiger partial charge on any atom is 0.433 e. The Morgan fingerprint density at radius 1 is 1.61 bits per heavy atom. The quantitative estimate of drug-likeness (QED) is 0.269. The van der Waals surface area contributed by atoms with Crippen molar-refractivity contribution in [3.05, 3.63) is 28.0 Å². The topological polar surface area (TPSA) is 124 Å². The van der Waals surface area contributed by atoms with Gasteiger partial charge in [0.2, 0.25) is 0 Å². The Morgan fingerprint density at radius 2 is 2.33 bits per heavy atom. The molecule has 0 aliphatic heterocycles. The number of nitrogens with one attached hydrogen (secondary N) is 1. The summed E-state index contributed by atoms with van der Waals surface area (Å²) in [5.74, 6) is -2.51. The standard InChI is InChI=1S/C9H9N3O6/c1-2-17-9(14)8(13)11-10-5-6-3-4-7(18-6)12(15)16/h3-5H,2H2,1H3,(H,11,13)/b10-5+. The average Bonchev–Trinajstić information content (AvgIpc) is 2.78. The molecule has 0 bridgehead atoms. The first-order chi connectivity index (χ1) is 8.54. The van der Waals surface area contributed by atoms with Gasteiger partial charge in [-0.05, 0) is 13.0 Å². The number of amides is 1. The molecule has 0 saturated heterocycles. The largest absolute Gasteiger partial charge is 0.459 e. The highest BCUT2D eigenvalue weighted by atomic mass is 16.6. The number of hydrazone groups is 1. The number of nitrogens with zero attached hydrogens (tertiary/aromatic N) is 2. The molecule has 18 heavy (non-hydrogen) atoms. The molecule has 9 heteroatoms. The maximum absolute atomic E-state index is 11.0. The van der Waals surface area contributed by atoms with E-state index in [9.17, 15) is 19.7 Å². The Balaban J connectivity index is 2.52. The Kier molecular flexibility index (Phi) is 4.55.